The van der Waals surface area contributed by atoms with Gasteiger partial charge in [0.05, 0.1) is 20.8 Å². The predicted octanol–water partition coefficient (Wildman–Crippen LogP) is 5.28. The van der Waals surface area contributed by atoms with Crippen molar-refractivity contribution in [1.82, 2.24) is 29.5 Å². The van der Waals surface area contributed by atoms with E-state index >= 15 is 0 Å². The fourth-order valence-corrected chi connectivity index (χ4v) is 5.45. The second-order valence-corrected chi connectivity index (χ2v) is 9.44. The Kier molecular flexibility index (Phi) is 5.01. The van der Waals surface area contributed by atoms with Gasteiger partial charge in [0.25, 0.3) is 5.91 Å². The predicted molar refractivity (Wildman–Crippen MR) is 129 cm³/mol. The molecule has 0 unspecified atom stereocenters. The van der Waals surface area contributed by atoms with Crippen molar-refractivity contribution in [3.63, 3.8) is 0 Å². The molecule has 0 aliphatic heterocycles. The van der Waals surface area contributed by atoms with Crippen molar-refractivity contribution in [2.24, 2.45) is 0 Å². The molecule has 0 saturated carbocycles. The number of aromatic nitrogens is 5. The average Bonchev–Trinajstić information content (AvgIpc) is 3.47. The van der Waals surface area contributed by atoms with E-state index in [0.717, 1.165) is 43.1 Å². The molecule has 0 spiro atoms. The van der Waals surface area contributed by atoms with Gasteiger partial charge < -0.3 is 9.88 Å². The molecule has 0 fully saturated rings. The molecule has 8 heteroatoms. The molecule has 5 rings (SSSR count). The minimum absolute atomic E-state index is 0. The quantitative estimate of drug-likeness (QED) is 0.398. The summed E-state index contributed by atoms with van der Waals surface area (Å²) in [6.45, 7) is 6.94. The van der Waals surface area contributed by atoms with Crippen LogP contribution in [0.3, 0.4) is 0 Å². The summed E-state index contributed by atoms with van der Waals surface area (Å²) in [4.78, 5) is 27.6. The number of nitrogens with one attached hydrogen (secondary N) is 1. The van der Waals surface area contributed by atoms with Gasteiger partial charge in [-0.2, -0.15) is 5.10 Å². The SMILES string of the molecule is Cc1cc(-c2[nH]c3cc(C(=O)N(C)Cc4cccnc4)sc3c2C(C)C)cn2ncnc12.[HH]. The lowest BCUT2D eigenvalue weighted by atomic mass is 9.99. The molecule has 1 amide bonds. The second-order valence-electron chi connectivity index (χ2n) is 8.38. The van der Waals surface area contributed by atoms with Crippen LogP contribution in [0.5, 0.6) is 0 Å². The van der Waals surface area contributed by atoms with Crippen LogP contribution in [0, 0.1) is 6.92 Å². The van der Waals surface area contributed by atoms with Crippen molar-refractivity contribution in [1.29, 1.82) is 0 Å². The second kappa shape index (κ2) is 7.87. The van der Waals surface area contributed by atoms with Crippen molar-refractivity contribution in [3.05, 3.63) is 70.8 Å². The summed E-state index contributed by atoms with van der Waals surface area (Å²) in [7, 11) is 1.83. The summed E-state index contributed by atoms with van der Waals surface area (Å²) in [6.07, 6.45) is 7.10. The number of amides is 1. The molecular formula is C24H26N6OS. The Hall–Kier alpha value is -3.52. The lowest BCUT2D eigenvalue weighted by Crippen LogP contribution is -2.25. The monoisotopic (exact) mass is 446 g/mol. The first-order chi connectivity index (χ1) is 15.4. The van der Waals surface area contributed by atoms with Gasteiger partial charge in [0.1, 0.15) is 6.33 Å². The number of thiophene rings is 1. The third-order valence-corrected chi connectivity index (χ3v) is 6.79. The summed E-state index contributed by atoms with van der Waals surface area (Å²) >= 11 is 1.55. The molecule has 1 N–H and O–H groups in total. The van der Waals surface area contributed by atoms with Crippen LogP contribution in [0.1, 0.15) is 47.6 Å². The van der Waals surface area contributed by atoms with E-state index in [9.17, 15) is 4.79 Å². The van der Waals surface area contributed by atoms with Crippen LogP contribution < -0.4 is 0 Å². The third-order valence-electron chi connectivity index (χ3n) is 5.63. The Bertz CT molecular complexity index is 1440. The molecule has 164 valence electrons. The van der Waals surface area contributed by atoms with Crippen molar-refractivity contribution in [2.75, 3.05) is 7.05 Å². The van der Waals surface area contributed by atoms with E-state index in [4.69, 9.17) is 0 Å². The van der Waals surface area contributed by atoms with Crippen molar-refractivity contribution < 1.29 is 6.22 Å². The van der Waals surface area contributed by atoms with Gasteiger partial charge >= 0.3 is 0 Å². The normalized spacial score (nSPS) is 11.7. The number of fused-ring (bicyclic) bond motifs is 2. The lowest BCUT2D eigenvalue weighted by molar-refractivity contribution is 0.0790. The average molecular weight is 447 g/mol. The molecule has 5 heterocycles. The Morgan fingerprint density at radius 3 is 2.94 bits per heavy atom. The first-order valence-corrected chi connectivity index (χ1v) is 11.3. The molecule has 0 bridgehead atoms. The number of rotatable bonds is 5. The third kappa shape index (κ3) is 3.46. The highest BCUT2D eigenvalue weighted by Gasteiger charge is 2.23. The minimum atomic E-state index is 0. The molecule has 7 nitrogen and oxygen atoms in total. The first kappa shape index (κ1) is 20.4. The van der Waals surface area contributed by atoms with E-state index in [1.54, 1.807) is 35.0 Å². The van der Waals surface area contributed by atoms with E-state index in [1.165, 1.54) is 5.56 Å². The Balaban J connectivity index is 0.00000259. The van der Waals surface area contributed by atoms with E-state index in [0.29, 0.717) is 12.5 Å². The fourth-order valence-electron chi connectivity index (χ4n) is 4.14. The number of aryl methyl sites for hydroxylation is 1. The minimum Gasteiger partial charge on any atom is -0.354 e. The van der Waals surface area contributed by atoms with Crippen LogP contribution in [0.2, 0.25) is 0 Å². The van der Waals surface area contributed by atoms with Gasteiger partial charge in [-0.05, 0) is 47.7 Å². The van der Waals surface area contributed by atoms with Crippen LogP contribution in [0.15, 0.2) is 49.2 Å². The highest BCUT2D eigenvalue weighted by molar-refractivity contribution is 7.21. The number of aromatic amines is 1. The molecule has 0 aromatic carbocycles. The zero-order valence-corrected chi connectivity index (χ0v) is 19.3. The Morgan fingerprint density at radius 1 is 1.34 bits per heavy atom. The van der Waals surface area contributed by atoms with E-state index in [1.807, 2.05) is 42.9 Å². The number of H-pyrrole nitrogens is 1. The molecule has 0 aliphatic rings. The number of nitrogens with zero attached hydrogens (tertiary/aromatic N) is 5. The van der Waals surface area contributed by atoms with Gasteiger partial charge in [0.15, 0.2) is 5.65 Å². The molecule has 0 radical (unpaired) electrons. The molecule has 0 aliphatic carbocycles. The number of hydrogen-bond acceptors (Lipinski definition) is 5. The van der Waals surface area contributed by atoms with Crippen LogP contribution in [-0.4, -0.2) is 42.4 Å². The van der Waals surface area contributed by atoms with Gasteiger partial charge in [-0.15, -0.1) is 11.3 Å². The topological polar surface area (TPSA) is 79.2 Å². The maximum absolute atomic E-state index is 13.1. The zero-order chi connectivity index (χ0) is 22.4. The van der Waals surface area contributed by atoms with Gasteiger partial charge in [-0.3, -0.25) is 9.78 Å². The van der Waals surface area contributed by atoms with Crippen LogP contribution in [0.25, 0.3) is 27.1 Å². The molecule has 0 saturated heterocycles. The summed E-state index contributed by atoms with van der Waals surface area (Å²) in [5.41, 5.74) is 7.28. The number of carbonyl (C=O) groups is 1. The summed E-state index contributed by atoms with van der Waals surface area (Å²) < 4.78 is 2.94. The van der Waals surface area contributed by atoms with Gasteiger partial charge in [-0.1, -0.05) is 19.9 Å². The molecule has 5 aromatic rings. The largest absolute Gasteiger partial charge is 0.354 e. The Morgan fingerprint density at radius 2 is 2.19 bits per heavy atom. The smallest absolute Gasteiger partial charge is 0.264 e. The maximum atomic E-state index is 13.1. The number of carbonyl (C=O) groups excluding carboxylic acids is 1. The standard InChI is InChI=1S/C24H24N6OS.H2/c1-14(2)20-21(17-8-15(3)23-26-13-27-30(23)12-17)28-18-9-19(32-22(18)20)24(31)29(4)11-16-6-5-7-25-10-16;/h5-10,12-14,28H,11H2,1-4H3;1H. The summed E-state index contributed by atoms with van der Waals surface area (Å²) in [6, 6.07) is 7.97. The maximum Gasteiger partial charge on any atom is 0.264 e. The summed E-state index contributed by atoms with van der Waals surface area (Å²) in [5, 5.41) is 4.31. The Labute approximate surface area is 191 Å². The van der Waals surface area contributed by atoms with Crippen molar-refractivity contribution in [2.45, 2.75) is 33.2 Å². The molecular weight excluding hydrogens is 420 g/mol. The summed E-state index contributed by atoms with van der Waals surface area (Å²) in [5.74, 6) is 0.305. The molecule has 32 heavy (non-hydrogen) atoms. The first-order valence-electron chi connectivity index (χ1n) is 10.5. The van der Waals surface area contributed by atoms with Crippen LogP contribution in [-0.2, 0) is 6.54 Å². The van der Waals surface area contributed by atoms with Crippen LogP contribution in [0.4, 0.5) is 0 Å². The zero-order valence-electron chi connectivity index (χ0n) is 18.5. The number of hydrogen-bond donors (Lipinski definition) is 1. The van der Waals surface area contributed by atoms with Crippen LogP contribution >= 0.6 is 11.3 Å². The van der Waals surface area contributed by atoms with E-state index < -0.39 is 0 Å². The van der Waals surface area contributed by atoms with E-state index in [2.05, 4.69) is 40.0 Å². The highest BCUT2D eigenvalue weighted by Crippen LogP contribution is 2.40. The van der Waals surface area contributed by atoms with Crippen molar-refractivity contribution >= 4 is 33.1 Å². The van der Waals surface area contributed by atoms with Gasteiger partial charge in [-0.25, -0.2) is 9.50 Å². The van der Waals surface area contributed by atoms with Crippen molar-refractivity contribution in [3.8, 4) is 11.3 Å². The van der Waals surface area contributed by atoms with Gasteiger partial charge in [0.2, 0.25) is 0 Å². The van der Waals surface area contributed by atoms with E-state index in [-0.39, 0.29) is 7.33 Å². The molecule has 0 atom stereocenters. The number of pyridine rings is 2. The van der Waals surface area contributed by atoms with Gasteiger partial charge in [0, 0.05) is 39.2 Å². The molecule has 5 aromatic heterocycles. The fraction of sp³-hybridized carbons (Fsp3) is 0.250. The highest BCUT2D eigenvalue weighted by atomic mass is 32.1. The lowest BCUT2D eigenvalue weighted by Gasteiger charge is -2.16.